The first-order chi connectivity index (χ1) is 13.2. The van der Waals surface area contributed by atoms with E-state index in [1.54, 1.807) is 0 Å². The third-order valence-electron chi connectivity index (χ3n) is 3.67. The van der Waals surface area contributed by atoms with Crippen molar-refractivity contribution < 1.29 is 43.3 Å². The van der Waals surface area contributed by atoms with Crippen LogP contribution in [0.15, 0.2) is 56.1 Å². The number of nitrogens with one attached hydrogen (secondary N) is 1. The number of rotatable bonds is 4. The first-order valence-electron chi connectivity index (χ1n) is 7.19. The van der Waals surface area contributed by atoms with Gasteiger partial charge in [0, 0.05) is 16.8 Å². The highest BCUT2D eigenvalue weighted by Gasteiger charge is 2.26. The molecule has 0 amide bonds. The van der Waals surface area contributed by atoms with Crippen LogP contribution in [0.2, 0.25) is 0 Å². The summed E-state index contributed by atoms with van der Waals surface area (Å²) in [6.07, 6.45) is 1.90. The highest BCUT2D eigenvalue weighted by molar-refractivity contribution is 7.87. The maximum atomic E-state index is 13.4. The van der Waals surface area contributed by atoms with Crippen LogP contribution in [-0.4, -0.2) is 45.1 Å². The molecule has 0 radical (unpaired) electrons. The number of anilines is 1. The Balaban J connectivity index is 2.50. The van der Waals surface area contributed by atoms with E-state index in [4.69, 9.17) is 0 Å². The molecule has 0 fully saturated rings. The number of hydrazine groups is 1. The van der Waals surface area contributed by atoms with E-state index in [0.29, 0.717) is 17.3 Å². The SMILES string of the molecule is O=S(=O)(O)c1cc(S(=O)(=O)O)c2cc(N3N=CC=C(F)N3)cc(S(=O)(=O)O)c2c1. The monoisotopic (exact) mass is 467 g/mol. The molecular formula is C13H10FN3O9S3. The summed E-state index contributed by atoms with van der Waals surface area (Å²) < 4.78 is 112. The number of fused-ring (bicyclic) bond motifs is 1. The zero-order valence-electron chi connectivity index (χ0n) is 13.8. The fraction of sp³-hybridized carbons (Fsp3) is 0. The van der Waals surface area contributed by atoms with Crippen molar-refractivity contribution in [1.29, 1.82) is 0 Å². The molecule has 0 saturated carbocycles. The van der Waals surface area contributed by atoms with Gasteiger partial charge < -0.3 is 0 Å². The Morgan fingerprint density at radius 1 is 0.828 bits per heavy atom. The van der Waals surface area contributed by atoms with Gasteiger partial charge in [-0.25, -0.2) is 0 Å². The van der Waals surface area contributed by atoms with Crippen LogP contribution in [0.5, 0.6) is 0 Å². The molecule has 1 aliphatic rings. The van der Waals surface area contributed by atoms with Gasteiger partial charge in [-0.3, -0.25) is 19.1 Å². The van der Waals surface area contributed by atoms with Crippen LogP contribution < -0.4 is 10.5 Å². The summed E-state index contributed by atoms with van der Waals surface area (Å²) >= 11 is 0. The van der Waals surface area contributed by atoms with E-state index in [-0.39, 0.29) is 5.69 Å². The van der Waals surface area contributed by atoms with Crippen molar-refractivity contribution in [2.45, 2.75) is 14.7 Å². The highest BCUT2D eigenvalue weighted by atomic mass is 32.2. The largest absolute Gasteiger partial charge is 0.295 e. The lowest BCUT2D eigenvalue weighted by Gasteiger charge is -2.23. The van der Waals surface area contributed by atoms with E-state index in [1.807, 2.05) is 0 Å². The minimum atomic E-state index is -5.15. The van der Waals surface area contributed by atoms with Gasteiger partial charge in [-0.1, -0.05) is 0 Å². The Kier molecular flexibility index (Phi) is 4.88. The summed E-state index contributed by atoms with van der Waals surface area (Å²) in [5, 5.41) is 3.16. The molecule has 2 aromatic carbocycles. The number of hydrazone groups is 1. The van der Waals surface area contributed by atoms with Crippen LogP contribution in [-0.2, 0) is 30.4 Å². The lowest BCUT2D eigenvalue weighted by atomic mass is 10.1. The van der Waals surface area contributed by atoms with Crippen LogP contribution in [0.3, 0.4) is 0 Å². The summed E-state index contributed by atoms with van der Waals surface area (Å²) in [6.45, 7) is 0. The van der Waals surface area contributed by atoms with Crippen molar-refractivity contribution >= 4 is 53.0 Å². The molecular weight excluding hydrogens is 457 g/mol. The van der Waals surface area contributed by atoms with Crippen LogP contribution in [0, 0.1) is 0 Å². The normalized spacial score (nSPS) is 15.3. The van der Waals surface area contributed by atoms with Gasteiger partial charge >= 0.3 is 0 Å². The molecule has 0 bridgehead atoms. The smallest absolute Gasteiger partial charge is 0.282 e. The van der Waals surface area contributed by atoms with Gasteiger partial charge in [-0.05, 0) is 24.3 Å². The highest BCUT2D eigenvalue weighted by Crippen LogP contribution is 2.35. The zero-order chi connectivity index (χ0) is 21.8. The Labute approximate surface area is 163 Å². The van der Waals surface area contributed by atoms with E-state index in [2.05, 4.69) is 10.5 Å². The number of halogens is 1. The van der Waals surface area contributed by atoms with Crippen molar-refractivity contribution in [2.24, 2.45) is 5.10 Å². The minimum Gasteiger partial charge on any atom is -0.282 e. The number of hydrogen-bond acceptors (Lipinski definition) is 9. The summed E-state index contributed by atoms with van der Waals surface area (Å²) in [6, 6.07) is 2.64. The van der Waals surface area contributed by atoms with Gasteiger partial charge in [0.2, 0.25) is 5.95 Å². The van der Waals surface area contributed by atoms with E-state index in [0.717, 1.165) is 24.4 Å². The summed E-state index contributed by atoms with van der Waals surface area (Å²) in [4.78, 5) is -3.14. The van der Waals surface area contributed by atoms with Crippen molar-refractivity contribution in [3.8, 4) is 0 Å². The Morgan fingerprint density at radius 2 is 1.38 bits per heavy atom. The molecule has 1 aliphatic heterocycles. The molecule has 4 N–H and O–H groups in total. The molecule has 0 spiro atoms. The molecule has 16 heteroatoms. The number of nitrogens with zero attached hydrogens (tertiary/aromatic N) is 2. The molecule has 2 aromatic rings. The molecule has 3 rings (SSSR count). The van der Waals surface area contributed by atoms with E-state index in [1.165, 1.54) is 0 Å². The second-order valence-electron chi connectivity index (χ2n) is 5.59. The summed E-state index contributed by atoms with van der Waals surface area (Å²) in [7, 11) is -15.3. The molecule has 29 heavy (non-hydrogen) atoms. The zero-order valence-corrected chi connectivity index (χ0v) is 16.2. The van der Waals surface area contributed by atoms with Crippen molar-refractivity contribution in [3.05, 3.63) is 36.3 Å². The summed E-state index contributed by atoms with van der Waals surface area (Å²) in [5.74, 6) is -0.912. The fourth-order valence-corrected chi connectivity index (χ4v) is 4.57. The van der Waals surface area contributed by atoms with Gasteiger partial charge in [0.15, 0.2) is 0 Å². The van der Waals surface area contributed by atoms with Gasteiger partial charge in [0.25, 0.3) is 30.4 Å². The maximum absolute atomic E-state index is 13.4. The second-order valence-corrected chi connectivity index (χ2v) is 9.79. The third-order valence-corrected chi connectivity index (χ3v) is 6.28. The van der Waals surface area contributed by atoms with Gasteiger partial charge in [-0.15, -0.1) is 0 Å². The average Bonchev–Trinajstić information content (AvgIpc) is 2.57. The van der Waals surface area contributed by atoms with Gasteiger partial charge in [-0.2, -0.15) is 39.9 Å². The molecule has 1 heterocycles. The topological polar surface area (TPSA) is 191 Å². The molecule has 0 aliphatic carbocycles. The van der Waals surface area contributed by atoms with Crippen molar-refractivity contribution in [2.75, 3.05) is 5.12 Å². The first kappa shape index (κ1) is 21.1. The Hall–Kier alpha value is -2.63. The molecule has 0 aromatic heterocycles. The van der Waals surface area contributed by atoms with Crippen LogP contribution >= 0.6 is 0 Å². The minimum absolute atomic E-state index is 0.297. The van der Waals surface area contributed by atoms with Crippen LogP contribution in [0.4, 0.5) is 10.1 Å². The molecule has 12 nitrogen and oxygen atoms in total. The average molecular weight is 467 g/mol. The fourth-order valence-electron chi connectivity index (χ4n) is 2.52. The summed E-state index contributed by atoms with van der Waals surface area (Å²) in [5.41, 5.74) is 1.78. The van der Waals surface area contributed by atoms with Crippen molar-refractivity contribution in [3.63, 3.8) is 0 Å². The maximum Gasteiger partial charge on any atom is 0.295 e. The lowest BCUT2D eigenvalue weighted by molar-refractivity contribution is 0.478. The van der Waals surface area contributed by atoms with Crippen molar-refractivity contribution in [1.82, 2.24) is 5.43 Å². The lowest BCUT2D eigenvalue weighted by Crippen LogP contribution is -2.34. The molecule has 156 valence electrons. The van der Waals surface area contributed by atoms with E-state index in [9.17, 15) is 43.3 Å². The van der Waals surface area contributed by atoms with Crippen LogP contribution in [0.1, 0.15) is 0 Å². The Morgan fingerprint density at radius 3 is 1.90 bits per heavy atom. The second kappa shape index (κ2) is 6.71. The Bertz CT molecular complexity index is 1410. The van der Waals surface area contributed by atoms with E-state index < -0.39 is 61.8 Å². The molecule has 0 saturated heterocycles. The van der Waals surface area contributed by atoms with Gasteiger partial charge in [0.05, 0.1) is 16.8 Å². The molecule has 0 atom stereocenters. The quantitative estimate of drug-likeness (QED) is 0.365. The third kappa shape index (κ3) is 4.21. The van der Waals surface area contributed by atoms with Gasteiger partial charge in [0.1, 0.15) is 9.79 Å². The standard InChI is InChI=1S/C13H10FN3O9S3/c14-13-1-2-15-17(16-13)7-3-9-10(11(4-7)28(21,22)23)5-8(27(18,19)20)6-12(9)29(24,25)26/h1-6,16H,(H,18,19,20)(H,21,22,23)(H,24,25,26). The number of hydrogen-bond donors (Lipinski definition) is 4. The van der Waals surface area contributed by atoms with Crippen LogP contribution in [0.25, 0.3) is 10.8 Å². The predicted molar refractivity (Wildman–Crippen MR) is 96.7 cm³/mol. The first-order valence-corrected chi connectivity index (χ1v) is 11.5. The number of benzene rings is 2. The van der Waals surface area contributed by atoms with E-state index >= 15 is 0 Å². The number of allylic oxidation sites excluding steroid dienone is 1. The predicted octanol–water partition coefficient (Wildman–Crippen LogP) is 0.701. The molecule has 0 unspecified atom stereocenters.